The number of benzene rings is 1. The summed E-state index contributed by atoms with van der Waals surface area (Å²) in [7, 11) is 0. The van der Waals surface area contributed by atoms with E-state index in [2.05, 4.69) is 16.8 Å². The average molecular weight is 280 g/mol. The molecule has 0 unspecified atom stereocenters. The van der Waals surface area contributed by atoms with Crippen molar-refractivity contribution in [1.82, 2.24) is 10.2 Å². The Hall–Kier alpha value is -2.37. The van der Waals surface area contributed by atoms with Crippen molar-refractivity contribution < 1.29 is 18.3 Å². The standard InChI is InChI=1S/C14H11F3N2O/c1-3-9-5-11(19-18-7-9)13-8(2)4-10(6-12(13)20)14(15,16)17/h3-7,20H,1H2,2H3. The highest BCUT2D eigenvalue weighted by Crippen LogP contribution is 2.38. The van der Waals surface area contributed by atoms with Crippen molar-refractivity contribution in [1.29, 1.82) is 0 Å². The van der Waals surface area contributed by atoms with E-state index in [1.54, 1.807) is 6.07 Å². The fraction of sp³-hybridized carbons (Fsp3) is 0.143. The number of nitrogens with zero attached hydrogens (tertiary/aromatic N) is 2. The molecule has 0 aliphatic rings. The number of aromatic hydroxyl groups is 1. The number of aromatic nitrogens is 2. The van der Waals surface area contributed by atoms with Crippen LogP contribution in [0.2, 0.25) is 0 Å². The van der Waals surface area contributed by atoms with Crippen LogP contribution < -0.4 is 0 Å². The lowest BCUT2D eigenvalue weighted by Gasteiger charge is -2.13. The van der Waals surface area contributed by atoms with Gasteiger partial charge in [-0.15, -0.1) is 0 Å². The molecule has 1 aromatic carbocycles. The molecule has 0 amide bonds. The zero-order valence-electron chi connectivity index (χ0n) is 10.6. The third kappa shape index (κ3) is 2.64. The van der Waals surface area contributed by atoms with Crippen LogP contribution in [0, 0.1) is 6.92 Å². The number of phenols is 1. The van der Waals surface area contributed by atoms with Crippen molar-refractivity contribution in [2.24, 2.45) is 0 Å². The number of aryl methyl sites for hydroxylation is 1. The van der Waals surface area contributed by atoms with Gasteiger partial charge in [-0.3, -0.25) is 0 Å². The lowest BCUT2D eigenvalue weighted by Crippen LogP contribution is -2.05. The predicted molar refractivity (Wildman–Crippen MR) is 69.0 cm³/mol. The molecule has 2 rings (SSSR count). The smallest absolute Gasteiger partial charge is 0.416 e. The van der Waals surface area contributed by atoms with Crippen LogP contribution in [0.15, 0.2) is 31.0 Å². The van der Waals surface area contributed by atoms with E-state index in [1.165, 1.54) is 19.2 Å². The second-order valence-electron chi connectivity index (χ2n) is 4.26. The minimum absolute atomic E-state index is 0.231. The van der Waals surface area contributed by atoms with Gasteiger partial charge in [-0.1, -0.05) is 12.7 Å². The van der Waals surface area contributed by atoms with Gasteiger partial charge in [0.2, 0.25) is 0 Å². The zero-order valence-corrected chi connectivity index (χ0v) is 10.6. The Balaban J connectivity index is 2.60. The van der Waals surface area contributed by atoms with Crippen LogP contribution >= 0.6 is 0 Å². The second-order valence-corrected chi connectivity index (χ2v) is 4.26. The molecule has 1 aromatic heterocycles. The first kappa shape index (κ1) is 14.0. The average Bonchev–Trinajstić information content (AvgIpc) is 2.37. The van der Waals surface area contributed by atoms with Crippen molar-refractivity contribution >= 4 is 6.08 Å². The number of phenolic OH excluding ortho intramolecular Hbond substituents is 1. The van der Waals surface area contributed by atoms with E-state index in [1.807, 2.05) is 0 Å². The maximum absolute atomic E-state index is 12.6. The number of hydrogen-bond acceptors (Lipinski definition) is 3. The van der Waals surface area contributed by atoms with Crippen molar-refractivity contribution in [2.75, 3.05) is 0 Å². The van der Waals surface area contributed by atoms with Crippen molar-refractivity contribution in [3.8, 4) is 17.0 Å². The Morgan fingerprint density at radius 1 is 1.25 bits per heavy atom. The molecule has 104 valence electrons. The summed E-state index contributed by atoms with van der Waals surface area (Å²) in [6.45, 7) is 5.06. The quantitative estimate of drug-likeness (QED) is 0.909. The predicted octanol–water partition coefficient (Wildman–Crippen LogP) is 3.82. The molecule has 0 spiro atoms. The minimum atomic E-state index is -4.50. The third-order valence-corrected chi connectivity index (χ3v) is 2.81. The van der Waals surface area contributed by atoms with Gasteiger partial charge < -0.3 is 5.11 Å². The Labute approximate surface area is 113 Å². The minimum Gasteiger partial charge on any atom is -0.507 e. The van der Waals surface area contributed by atoms with Crippen molar-refractivity contribution in [3.05, 3.63) is 47.7 Å². The summed E-state index contributed by atoms with van der Waals surface area (Å²) in [5.41, 5.74) is 0.561. The van der Waals surface area contributed by atoms with Gasteiger partial charge in [-0.25, -0.2) is 0 Å². The Bertz CT molecular complexity index is 643. The zero-order chi connectivity index (χ0) is 14.9. The van der Waals surface area contributed by atoms with Gasteiger partial charge in [-0.05, 0) is 36.2 Å². The van der Waals surface area contributed by atoms with Crippen LogP contribution in [-0.4, -0.2) is 15.3 Å². The van der Waals surface area contributed by atoms with E-state index in [0.29, 0.717) is 17.3 Å². The molecule has 0 aliphatic heterocycles. The highest BCUT2D eigenvalue weighted by molar-refractivity contribution is 5.72. The molecule has 0 aliphatic carbocycles. The Morgan fingerprint density at radius 3 is 2.50 bits per heavy atom. The number of halogens is 3. The van der Waals surface area contributed by atoms with Gasteiger partial charge in [0.1, 0.15) is 5.75 Å². The first-order valence-corrected chi connectivity index (χ1v) is 5.69. The molecule has 1 heterocycles. The molecule has 0 fully saturated rings. The van der Waals surface area contributed by atoms with E-state index in [-0.39, 0.29) is 11.1 Å². The molecule has 2 aromatic rings. The SMILES string of the molecule is C=Cc1cnnc(-c2c(C)cc(C(F)(F)F)cc2O)c1. The van der Waals surface area contributed by atoms with Crippen LogP contribution in [0.4, 0.5) is 13.2 Å². The van der Waals surface area contributed by atoms with Crippen molar-refractivity contribution in [2.45, 2.75) is 13.1 Å². The van der Waals surface area contributed by atoms with Crippen LogP contribution in [0.25, 0.3) is 17.3 Å². The van der Waals surface area contributed by atoms with E-state index in [0.717, 1.165) is 6.07 Å². The lowest BCUT2D eigenvalue weighted by molar-refractivity contribution is -0.137. The molecule has 0 saturated heterocycles. The van der Waals surface area contributed by atoms with E-state index in [4.69, 9.17) is 0 Å². The largest absolute Gasteiger partial charge is 0.507 e. The second kappa shape index (κ2) is 4.96. The van der Waals surface area contributed by atoms with E-state index in [9.17, 15) is 18.3 Å². The number of alkyl halides is 3. The fourth-order valence-corrected chi connectivity index (χ4v) is 1.88. The summed E-state index contributed by atoms with van der Waals surface area (Å²) in [6.07, 6.45) is -1.50. The van der Waals surface area contributed by atoms with Gasteiger partial charge in [0.15, 0.2) is 0 Å². The first-order valence-electron chi connectivity index (χ1n) is 5.69. The van der Waals surface area contributed by atoms with Crippen LogP contribution in [0.1, 0.15) is 16.7 Å². The van der Waals surface area contributed by atoms with Crippen LogP contribution in [0.3, 0.4) is 0 Å². The molecule has 3 nitrogen and oxygen atoms in total. The third-order valence-electron chi connectivity index (χ3n) is 2.81. The summed E-state index contributed by atoms with van der Waals surface area (Å²) < 4.78 is 37.9. The van der Waals surface area contributed by atoms with E-state index < -0.39 is 17.5 Å². The van der Waals surface area contributed by atoms with Gasteiger partial charge in [-0.2, -0.15) is 23.4 Å². The molecule has 20 heavy (non-hydrogen) atoms. The lowest BCUT2D eigenvalue weighted by atomic mass is 10.00. The van der Waals surface area contributed by atoms with E-state index >= 15 is 0 Å². The molecule has 6 heteroatoms. The van der Waals surface area contributed by atoms with Crippen molar-refractivity contribution in [3.63, 3.8) is 0 Å². The van der Waals surface area contributed by atoms with Gasteiger partial charge >= 0.3 is 6.18 Å². The molecule has 0 atom stereocenters. The normalized spacial score (nSPS) is 11.4. The first-order chi connectivity index (χ1) is 9.32. The fourth-order valence-electron chi connectivity index (χ4n) is 1.88. The molecule has 0 bridgehead atoms. The monoisotopic (exact) mass is 280 g/mol. The summed E-state index contributed by atoms with van der Waals surface area (Å²) >= 11 is 0. The number of rotatable bonds is 2. The summed E-state index contributed by atoms with van der Waals surface area (Å²) in [6, 6.07) is 3.25. The molecule has 1 N–H and O–H groups in total. The highest BCUT2D eigenvalue weighted by Gasteiger charge is 2.32. The van der Waals surface area contributed by atoms with Crippen LogP contribution in [0.5, 0.6) is 5.75 Å². The Kier molecular flexibility index (Phi) is 3.48. The topological polar surface area (TPSA) is 46.0 Å². The summed E-state index contributed by atoms with van der Waals surface area (Å²) in [4.78, 5) is 0. The molecule has 0 radical (unpaired) electrons. The van der Waals surface area contributed by atoms with Gasteiger partial charge in [0.25, 0.3) is 0 Å². The molecular formula is C14H11F3N2O. The maximum Gasteiger partial charge on any atom is 0.416 e. The van der Waals surface area contributed by atoms with Crippen LogP contribution in [-0.2, 0) is 6.18 Å². The maximum atomic E-state index is 12.6. The molecular weight excluding hydrogens is 269 g/mol. The highest BCUT2D eigenvalue weighted by atomic mass is 19.4. The number of hydrogen-bond donors (Lipinski definition) is 1. The molecule has 0 saturated carbocycles. The van der Waals surface area contributed by atoms with Gasteiger partial charge in [0, 0.05) is 5.56 Å². The summed E-state index contributed by atoms with van der Waals surface area (Å²) in [5, 5.41) is 17.4. The van der Waals surface area contributed by atoms with Gasteiger partial charge in [0.05, 0.1) is 17.5 Å². The Morgan fingerprint density at radius 2 is 1.95 bits per heavy atom. The summed E-state index contributed by atoms with van der Waals surface area (Å²) in [5.74, 6) is -0.479.